The van der Waals surface area contributed by atoms with Gasteiger partial charge in [0.2, 0.25) is 5.78 Å². The molecule has 0 radical (unpaired) electrons. The van der Waals surface area contributed by atoms with Crippen molar-refractivity contribution in [3.63, 3.8) is 0 Å². The Labute approximate surface area is 185 Å². The lowest BCUT2D eigenvalue weighted by Gasteiger charge is -2.20. The number of fused-ring (bicyclic) bond motifs is 2. The zero-order chi connectivity index (χ0) is 24.4. The van der Waals surface area contributed by atoms with Gasteiger partial charge in [-0.25, -0.2) is 9.59 Å². The van der Waals surface area contributed by atoms with Crippen molar-refractivity contribution in [3.8, 4) is 23.0 Å². The first-order valence-electron chi connectivity index (χ1n) is 9.19. The van der Waals surface area contributed by atoms with Crippen LogP contribution >= 0.6 is 0 Å². The fraction of sp³-hybridized carbons (Fsp3) is 0.0435. The van der Waals surface area contributed by atoms with E-state index in [1.165, 1.54) is 37.4 Å². The van der Waals surface area contributed by atoms with E-state index in [2.05, 4.69) is 4.74 Å². The number of benzene rings is 3. The maximum absolute atomic E-state index is 12.3. The summed E-state index contributed by atoms with van der Waals surface area (Å²) in [5, 5.41) is 47.2. The first kappa shape index (κ1) is 22.8. The van der Waals surface area contributed by atoms with E-state index in [4.69, 9.17) is 5.11 Å². The number of hydrogen-bond acceptors (Lipinski definition) is 9. The number of esters is 1. The number of carbonyl (C=O) groups excluding carboxylic acids is 3. The van der Waals surface area contributed by atoms with Crippen molar-refractivity contribution in [1.29, 1.82) is 0 Å². The predicted octanol–water partition coefficient (Wildman–Crippen LogP) is 2.46. The second-order valence-electron chi connectivity index (χ2n) is 6.75. The molecule has 10 nitrogen and oxygen atoms in total. The lowest BCUT2D eigenvalue weighted by atomic mass is 9.82. The van der Waals surface area contributed by atoms with Gasteiger partial charge in [0.05, 0.1) is 34.9 Å². The van der Waals surface area contributed by atoms with E-state index in [-0.39, 0.29) is 33.4 Å². The average Bonchev–Trinajstić information content (AvgIpc) is 2.80. The van der Waals surface area contributed by atoms with Crippen LogP contribution in [-0.4, -0.2) is 56.1 Å². The van der Waals surface area contributed by atoms with Gasteiger partial charge in [-0.15, -0.1) is 0 Å². The number of methoxy groups -OCH3 is 1. The molecular formula is C23H16O10. The van der Waals surface area contributed by atoms with Crippen LogP contribution in [0.4, 0.5) is 0 Å². The smallest absolute Gasteiger partial charge is 0.337 e. The van der Waals surface area contributed by atoms with Crippen molar-refractivity contribution in [2.75, 3.05) is 7.11 Å². The zero-order valence-corrected chi connectivity index (χ0v) is 16.9. The van der Waals surface area contributed by atoms with Crippen LogP contribution < -0.4 is 0 Å². The van der Waals surface area contributed by atoms with Gasteiger partial charge < -0.3 is 30.3 Å². The van der Waals surface area contributed by atoms with Crippen LogP contribution in [0.15, 0.2) is 48.5 Å². The molecule has 0 saturated heterocycles. The summed E-state index contributed by atoms with van der Waals surface area (Å²) in [5.41, 5.74) is -0.914. The molecule has 0 atom stereocenters. The lowest BCUT2D eigenvalue weighted by Crippen LogP contribution is -2.21. The van der Waals surface area contributed by atoms with Crippen molar-refractivity contribution in [2.24, 2.45) is 0 Å². The summed E-state index contributed by atoms with van der Waals surface area (Å²) in [6.45, 7) is 0. The Balaban J connectivity index is 0.000000205. The Hall–Kier alpha value is -4.86. The minimum absolute atomic E-state index is 0.0721. The van der Waals surface area contributed by atoms with E-state index < -0.39 is 46.5 Å². The number of ketones is 2. The zero-order valence-electron chi connectivity index (χ0n) is 16.9. The number of carbonyl (C=O) groups is 4. The molecule has 4 rings (SSSR count). The monoisotopic (exact) mass is 452 g/mol. The van der Waals surface area contributed by atoms with Gasteiger partial charge in [0.15, 0.2) is 17.3 Å². The molecule has 5 N–H and O–H groups in total. The highest BCUT2D eigenvalue weighted by atomic mass is 16.5. The second-order valence-corrected chi connectivity index (χ2v) is 6.75. The van der Waals surface area contributed by atoms with Crippen LogP contribution in [0.2, 0.25) is 0 Å². The molecule has 1 aliphatic carbocycles. The van der Waals surface area contributed by atoms with Gasteiger partial charge in [-0.2, -0.15) is 0 Å². The fourth-order valence-electron chi connectivity index (χ4n) is 3.20. The van der Waals surface area contributed by atoms with Gasteiger partial charge in [-0.1, -0.05) is 6.07 Å². The summed E-state index contributed by atoms with van der Waals surface area (Å²) in [7, 11) is 1.25. The van der Waals surface area contributed by atoms with Crippen molar-refractivity contribution in [1.82, 2.24) is 0 Å². The molecule has 0 aliphatic heterocycles. The summed E-state index contributed by atoms with van der Waals surface area (Å²) in [6.07, 6.45) is 0. The first-order chi connectivity index (χ1) is 15.6. The predicted molar refractivity (Wildman–Crippen MR) is 111 cm³/mol. The van der Waals surface area contributed by atoms with E-state index in [9.17, 15) is 39.6 Å². The summed E-state index contributed by atoms with van der Waals surface area (Å²) < 4.78 is 4.44. The van der Waals surface area contributed by atoms with Crippen molar-refractivity contribution in [3.05, 3.63) is 81.9 Å². The Bertz CT molecular complexity index is 1320. The minimum Gasteiger partial charge on any atom is -0.507 e. The molecule has 1 aliphatic rings. The summed E-state index contributed by atoms with van der Waals surface area (Å²) in [4.78, 5) is 46.1. The van der Waals surface area contributed by atoms with Gasteiger partial charge in [-0.3, -0.25) is 9.59 Å². The lowest BCUT2D eigenvalue weighted by molar-refractivity contribution is 0.0600. The van der Waals surface area contributed by atoms with Crippen LogP contribution in [0.5, 0.6) is 23.0 Å². The third-order valence-electron chi connectivity index (χ3n) is 4.77. The number of carboxylic acids is 1. The number of aromatic hydroxyl groups is 4. The van der Waals surface area contributed by atoms with Gasteiger partial charge in [0.25, 0.3) is 0 Å². The second kappa shape index (κ2) is 8.71. The molecule has 3 aromatic carbocycles. The number of ether oxygens (including phenoxy) is 1. The van der Waals surface area contributed by atoms with Gasteiger partial charge >= 0.3 is 11.9 Å². The minimum atomic E-state index is -1.06. The van der Waals surface area contributed by atoms with Crippen LogP contribution in [-0.2, 0) is 4.74 Å². The summed E-state index contributed by atoms with van der Waals surface area (Å²) in [6, 6.07) is 10.1. The summed E-state index contributed by atoms with van der Waals surface area (Å²) >= 11 is 0. The van der Waals surface area contributed by atoms with E-state index in [0.717, 1.165) is 18.2 Å². The largest absolute Gasteiger partial charge is 0.507 e. The molecule has 10 heteroatoms. The standard InChI is InChI=1S/C14H8O6.C9H8O4/c15-6-3-4-7(16)11-10(6)12(18)5-1-2-8(17)13(19)9(5)14(11)20;1-13-9(12)7-4-2-3-6(5-7)8(10)11/h1-4,15-17,19H;2-5H,1H3,(H,10,11). The first-order valence-corrected chi connectivity index (χ1v) is 9.19. The SMILES string of the molecule is COC(=O)c1cccc(C(=O)O)c1.O=C1c2ccc(O)c(O)c2C(=O)c2c(O)ccc(O)c21. The maximum Gasteiger partial charge on any atom is 0.337 e. The maximum atomic E-state index is 12.3. The van der Waals surface area contributed by atoms with E-state index in [1.54, 1.807) is 0 Å². The third kappa shape index (κ3) is 4.04. The molecule has 0 unspecified atom stereocenters. The molecular weight excluding hydrogens is 436 g/mol. The normalized spacial score (nSPS) is 11.5. The highest BCUT2D eigenvalue weighted by Gasteiger charge is 2.37. The number of phenols is 4. The number of phenolic OH excluding ortho intramolecular Hbond substituents is 4. The van der Waals surface area contributed by atoms with E-state index >= 15 is 0 Å². The van der Waals surface area contributed by atoms with Gasteiger partial charge in [0.1, 0.15) is 11.5 Å². The molecule has 0 amide bonds. The molecule has 0 heterocycles. The number of hydrogen-bond donors (Lipinski definition) is 5. The quantitative estimate of drug-likeness (QED) is 0.172. The molecule has 33 heavy (non-hydrogen) atoms. The Morgan fingerprint density at radius 2 is 1.27 bits per heavy atom. The fourth-order valence-corrected chi connectivity index (χ4v) is 3.20. The van der Waals surface area contributed by atoms with Gasteiger partial charge in [-0.05, 0) is 42.5 Å². The molecule has 0 fully saturated rings. The molecule has 0 spiro atoms. The van der Waals surface area contributed by atoms with Gasteiger partial charge in [0, 0.05) is 5.56 Å². The van der Waals surface area contributed by atoms with Crippen molar-refractivity contribution in [2.45, 2.75) is 0 Å². The molecule has 3 aromatic rings. The molecule has 0 bridgehead atoms. The third-order valence-corrected chi connectivity index (χ3v) is 4.77. The average molecular weight is 452 g/mol. The highest BCUT2D eigenvalue weighted by molar-refractivity contribution is 6.31. The summed E-state index contributed by atoms with van der Waals surface area (Å²) in [5.74, 6) is -5.34. The van der Waals surface area contributed by atoms with Crippen molar-refractivity contribution < 1.29 is 49.4 Å². The van der Waals surface area contributed by atoms with Crippen molar-refractivity contribution >= 4 is 23.5 Å². The van der Waals surface area contributed by atoms with Crippen LogP contribution in [0, 0.1) is 0 Å². The molecule has 168 valence electrons. The van der Waals surface area contributed by atoms with Crippen LogP contribution in [0.3, 0.4) is 0 Å². The number of rotatable bonds is 2. The van der Waals surface area contributed by atoms with Crippen LogP contribution in [0.1, 0.15) is 52.6 Å². The Morgan fingerprint density at radius 1 is 0.727 bits per heavy atom. The number of aromatic carboxylic acids is 1. The molecule has 0 saturated carbocycles. The molecule has 0 aromatic heterocycles. The van der Waals surface area contributed by atoms with E-state index in [1.807, 2.05) is 0 Å². The van der Waals surface area contributed by atoms with Crippen LogP contribution in [0.25, 0.3) is 0 Å². The number of carboxylic acid groups (broad SMARTS) is 1. The Morgan fingerprint density at radius 3 is 1.85 bits per heavy atom. The Kier molecular flexibility index (Phi) is 6.02. The highest BCUT2D eigenvalue weighted by Crippen LogP contribution is 2.42. The topological polar surface area (TPSA) is 179 Å². The van der Waals surface area contributed by atoms with E-state index in [0.29, 0.717) is 0 Å².